The number of nitrogens with two attached hydrogens (primary N) is 2. The van der Waals surface area contributed by atoms with Crippen molar-refractivity contribution in [3.05, 3.63) is 48.0 Å². The van der Waals surface area contributed by atoms with Crippen molar-refractivity contribution in [2.45, 2.75) is 0 Å². The fraction of sp³-hybridized carbons (Fsp3) is 0. The highest BCUT2D eigenvalue weighted by Gasteiger charge is 2.04. The molecule has 3 nitrogen and oxygen atoms in total. The Kier molecular flexibility index (Phi) is 2.82. The van der Waals surface area contributed by atoms with E-state index in [1.54, 1.807) is 18.2 Å². The number of anilines is 4. The minimum atomic E-state index is -0.540. The van der Waals surface area contributed by atoms with Gasteiger partial charge in [-0.25, -0.2) is 8.78 Å². The van der Waals surface area contributed by atoms with Crippen LogP contribution in [0.2, 0.25) is 0 Å². The van der Waals surface area contributed by atoms with Gasteiger partial charge >= 0.3 is 0 Å². The number of halogens is 2. The zero-order valence-corrected chi connectivity index (χ0v) is 8.87. The molecule has 88 valence electrons. The average molecular weight is 235 g/mol. The van der Waals surface area contributed by atoms with Gasteiger partial charge in [0.2, 0.25) is 0 Å². The lowest BCUT2D eigenvalue weighted by molar-refractivity contribution is 0.603. The van der Waals surface area contributed by atoms with Gasteiger partial charge < -0.3 is 16.8 Å². The monoisotopic (exact) mass is 235 g/mol. The third kappa shape index (κ3) is 2.44. The van der Waals surface area contributed by atoms with Gasteiger partial charge in [0.15, 0.2) is 0 Å². The van der Waals surface area contributed by atoms with Crippen molar-refractivity contribution in [1.82, 2.24) is 0 Å². The number of hydrogen-bond donors (Lipinski definition) is 3. The van der Waals surface area contributed by atoms with Crippen LogP contribution in [-0.2, 0) is 0 Å². The minimum Gasteiger partial charge on any atom is -0.397 e. The van der Waals surface area contributed by atoms with Gasteiger partial charge in [0.05, 0.1) is 17.1 Å². The predicted octanol–water partition coefficient (Wildman–Crippen LogP) is 2.87. The summed E-state index contributed by atoms with van der Waals surface area (Å²) in [6.07, 6.45) is 0. The lowest BCUT2D eigenvalue weighted by Crippen LogP contribution is -1.98. The topological polar surface area (TPSA) is 64.1 Å². The van der Waals surface area contributed by atoms with Crippen LogP contribution in [0.1, 0.15) is 0 Å². The van der Waals surface area contributed by atoms with Crippen LogP contribution in [0.5, 0.6) is 0 Å². The molecule has 2 rings (SSSR count). The van der Waals surface area contributed by atoms with Crippen LogP contribution in [0.3, 0.4) is 0 Å². The first kappa shape index (κ1) is 11.2. The van der Waals surface area contributed by atoms with Crippen LogP contribution in [0.15, 0.2) is 36.4 Å². The molecule has 2 aromatic rings. The summed E-state index contributed by atoms with van der Waals surface area (Å²) >= 11 is 0. The largest absolute Gasteiger partial charge is 0.397 e. The van der Waals surface area contributed by atoms with Gasteiger partial charge in [-0.1, -0.05) is 0 Å². The van der Waals surface area contributed by atoms with E-state index < -0.39 is 11.6 Å². The maximum absolute atomic E-state index is 13.3. The molecular formula is C12H11F2N3. The van der Waals surface area contributed by atoms with Crippen LogP contribution < -0.4 is 16.8 Å². The predicted molar refractivity (Wildman–Crippen MR) is 64.9 cm³/mol. The number of nitrogens with one attached hydrogen (secondary N) is 1. The highest BCUT2D eigenvalue weighted by Crippen LogP contribution is 2.24. The zero-order valence-electron chi connectivity index (χ0n) is 8.87. The molecule has 0 amide bonds. The summed E-state index contributed by atoms with van der Waals surface area (Å²) in [7, 11) is 0. The molecule has 0 unspecified atom stereocenters. The Labute approximate surface area is 97.0 Å². The van der Waals surface area contributed by atoms with Crippen molar-refractivity contribution in [2.24, 2.45) is 0 Å². The van der Waals surface area contributed by atoms with E-state index in [0.29, 0.717) is 17.1 Å². The summed E-state index contributed by atoms with van der Waals surface area (Å²) in [5, 5.41) is 2.73. The summed E-state index contributed by atoms with van der Waals surface area (Å²) < 4.78 is 26.3. The lowest BCUT2D eigenvalue weighted by Gasteiger charge is -2.09. The van der Waals surface area contributed by atoms with Gasteiger partial charge in [-0.3, -0.25) is 0 Å². The zero-order chi connectivity index (χ0) is 12.4. The van der Waals surface area contributed by atoms with Crippen molar-refractivity contribution in [1.29, 1.82) is 0 Å². The molecule has 0 bridgehead atoms. The molecule has 17 heavy (non-hydrogen) atoms. The van der Waals surface area contributed by atoms with Gasteiger partial charge in [-0.05, 0) is 30.3 Å². The summed E-state index contributed by atoms with van der Waals surface area (Å²) in [5.41, 5.74) is 12.6. The second kappa shape index (κ2) is 4.29. The number of nitrogen functional groups attached to an aromatic ring is 2. The molecule has 0 heterocycles. The van der Waals surface area contributed by atoms with Crippen molar-refractivity contribution in [3.8, 4) is 0 Å². The number of hydrogen-bond acceptors (Lipinski definition) is 3. The van der Waals surface area contributed by atoms with Crippen molar-refractivity contribution >= 4 is 22.7 Å². The molecular weight excluding hydrogens is 224 g/mol. The van der Waals surface area contributed by atoms with E-state index in [2.05, 4.69) is 5.32 Å². The molecule has 0 saturated carbocycles. The van der Waals surface area contributed by atoms with E-state index in [-0.39, 0.29) is 5.69 Å². The summed E-state index contributed by atoms with van der Waals surface area (Å²) in [4.78, 5) is 0. The minimum absolute atomic E-state index is 0.0502. The van der Waals surface area contributed by atoms with E-state index >= 15 is 0 Å². The Hall–Kier alpha value is -2.30. The lowest BCUT2D eigenvalue weighted by atomic mass is 10.2. The third-order valence-electron chi connectivity index (χ3n) is 2.29. The van der Waals surface area contributed by atoms with E-state index in [1.807, 2.05) is 0 Å². The Bertz CT molecular complexity index is 555. The van der Waals surface area contributed by atoms with Crippen LogP contribution in [0.25, 0.3) is 0 Å². The standard InChI is InChI=1S/C12H11F2N3/c13-7-1-3-9(14)12(5-7)17-8-2-4-10(15)11(16)6-8/h1-6,17H,15-16H2. The Morgan fingerprint density at radius 2 is 1.65 bits per heavy atom. The Balaban J connectivity index is 2.31. The maximum Gasteiger partial charge on any atom is 0.146 e. The molecule has 0 spiro atoms. The molecule has 0 radical (unpaired) electrons. The normalized spacial score (nSPS) is 10.2. The quantitative estimate of drug-likeness (QED) is 0.701. The van der Waals surface area contributed by atoms with Gasteiger partial charge in [-0.15, -0.1) is 0 Å². The van der Waals surface area contributed by atoms with Gasteiger partial charge in [0.25, 0.3) is 0 Å². The molecule has 0 aliphatic rings. The van der Waals surface area contributed by atoms with Crippen molar-refractivity contribution < 1.29 is 8.78 Å². The Morgan fingerprint density at radius 3 is 2.35 bits per heavy atom. The van der Waals surface area contributed by atoms with Crippen LogP contribution >= 0.6 is 0 Å². The molecule has 0 aromatic heterocycles. The van der Waals surface area contributed by atoms with Gasteiger partial charge in [-0.2, -0.15) is 0 Å². The fourth-order valence-electron chi connectivity index (χ4n) is 1.40. The fourth-order valence-corrected chi connectivity index (χ4v) is 1.40. The smallest absolute Gasteiger partial charge is 0.146 e. The number of benzene rings is 2. The molecule has 0 aliphatic carbocycles. The molecule has 0 fully saturated rings. The SMILES string of the molecule is Nc1ccc(Nc2cc(F)ccc2F)cc1N. The third-order valence-corrected chi connectivity index (χ3v) is 2.29. The second-order valence-electron chi connectivity index (χ2n) is 3.59. The van der Waals surface area contributed by atoms with E-state index in [9.17, 15) is 8.78 Å². The average Bonchev–Trinajstić information content (AvgIpc) is 2.29. The Morgan fingerprint density at radius 1 is 0.882 bits per heavy atom. The van der Waals surface area contributed by atoms with E-state index in [1.165, 1.54) is 0 Å². The van der Waals surface area contributed by atoms with Crippen molar-refractivity contribution in [3.63, 3.8) is 0 Å². The first-order valence-corrected chi connectivity index (χ1v) is 4.93. The summed E-state index contributed by atoms with van der Waals surface area (Å²) in [6, 6.07) is 7.96. The van der Waals surface area contributed by atoms with Crippen LogP contribution in [-0.4, -0.2) is 0 Å². The number of rotatable bonds is 2. The first-order valence-electron chi connectivity index (χ1n) is 4.93. The highest BCUT2D eigenvalue weighted by molar-refractivity contribution is 5.72. The van der Waals surface area contributed by atoms with Gasteiger partial charge in [0, 0.05) is 11.8 Å². The molecule has 0 aliphatic heterocycles. The van der Waals surface area contributed by atoms with E-state index in [4.69, 9.17) is 11.5 Å². The van der Waals surface area contributed by atoms with Gasteiger partial charge in [0.1, 0.15) is 11.6 Å². The van der Waals surface area contributed by atoms with Crippen LogP contribution in [0.4, 0.5) is 31.5 Å². The molecule has 0 atom stereocenters. The second-order valence-corrected chi connectivity index (χ2v) is 3.59. The molecule has 5 N–H and O–H groups in total. The summed E-state index contributed by atoms with van der Waals surface area (Å²) in [5.74, 6) is -1.06. The highest BCUT2D eigenvalue weighted by atomic mass is 19.1. The first-order chi connectivity index (χ1) is 8.06. The molecule has 0 saturated heterocycles. The summed E-state index contributed by atoms with van der Waals surface area (Å²) in [6.45, 7) is 0. The molecule has 5 heteroatoms. The molecule has 2 aromatic carbocycles. The van der Waals surface area contributed by atoms with Crippen molar-refractivity contribution in [2.75, 3.05) is 16.8 Å². The maximum atomic E-state index is 13.3. The van der Waals surface area contributed by atoms with E-state index in [0.717, 1.165) is 18.2 Å². The van der Waals surface area contributed by atoms with Crippen LogP contribution in [0, 0.1) is 11.6 Å².